The average Bonchev–Trinajstić information content (AvgIpc) is 3.47. The van der Waals surface area contributed by atoms with Crippen LogP contribution < -0.4 is 5.56 Å². The Hall–Kier alpha value is -3.11. The lowest BCUT2D eigenvalue weighted by Crippen LogP contribution is -2.40. The van der Waals surface area contributed by atoms with Crippen LogP contribution in [0.4, 0.5) is 0 Å². The van der Waals surface area contributed by atoms with Gasteiger partial charge >= 0.3 is 5.97 Å². The van der Waals surface area contributed by atoms with Crippen LogP contribution in [-0.4, -0.2) is 61.9 Å². The highest BCUT2D eigenvalue weighted by Gasteiger charge is 2.33. The van der Waals surface area contributed by atoms with Crippen LogP contribution in [0.3, 0.4) is 0 Å². The number of esters is 1. The predicted molar refractivity (Wildman–Crippen MR) is 135 cm³/mol. The number of hydrogen-bond acceptors (Lipinski definition) is 8. The Morgan fingerprint density at radius 3 is 2.81 bits per heavy atom. The van der Waals surface area contributed by atoms with Gasteiger partial charge < -0.3 is 14.5 Å². The third-order valence-electron chi connectivity index (χ3n) is 6.64. The highest BCUT2D eigenvalue weighted by atomic mass is 16.5. The number of fused-ring (bicyclic) bond motifs is 1. The maximum Gasteiger partial charge on any atom is 0.327 e. The van der Waals surface area contributed by atoms with Gasteiger partial charge in [0, 0.05) is 25.3 Å². The molecule has 194 valence electrons. The van der Waals surface area contributed by atoms with Crippen molar-refractivity contribution in [2.45, 2.75) is 72.7 Å². The number of carbonyl (C=O) groups excluding carboxylic acids is 1. The van der Waals surface area contributed by atoms with Crippen molar-refractivity contribution in [1.29, 1.82) is 0 Å². The van der Waals surface area contributed by atoms with Gasteiger partial charge in [0.25, 0.3) is 5.56 Å². The van der Waals surface area contributed by atoms with Gasteiger partial charge in [-0.3, -0.25) is 14.5 Å². The molecule has 1 aliphatic rings. The normalized spacial score (nSPS) is 16.8. The fourth-order valence-electron chi connectivity index (χ4n) is 5.14. The lowest BCUT2D eigenvalue weighted by molar-refractivity contribution is -0.144. The van der Waals surface area contributed by atoms with E-state index in [1.807, 2.05) is 13.0 Å². The standard InChI is InChI=1S/C26H36N6O4/c1-6-35-22(33)15-32-25(28-29-30-32)24(16(2)3)31(14-21-8-7-9-36-21)13-20-12-19-11-17(4)10-18(5)23(19)27-26(20)34/h10-12,16,21,24H,6-9,13-15H2,1-5H3,(H,27,34)/t21-,24-/m0/s1. The summed E-state index contributed by atoms with van der Waals surface area (Å²) >= 11 is 0. The first kappa shape index (κ1) is 26.0. The molecule has 1 aromatic carbocycles. The Morgan fingerprint density at radius 1 is 1.31 bits per heavy atom. The molecule has 0 unspecified atom stereocenters. The Balaban J connectivity index is 1.72. The van der Waals surface area contributed by atoms with Crippen LogP contribution in [0.15, 0.2) is 23.0 Å². The van der Waals surface area contributed by atoms with Crippen molar-refractivity contribution < 1.29 is 14.3 Å². The number of hydrogen-bond donors (Lipinski definition) is 1. The number of aryl methyl sites for hydroxylation is 2. The number of H-pyrrole nitrogens is 1. The van der Waals surface area contributed by atoms with E-state index in [9.17, 15) is 9.59 Å². The summed E-state index contributed by atoms with van der Waals surface area (Å²) in [5.74, 6) is 0.276. The summed E-state index contributed by atoms with van der Waals surface area (Å²) in [6, 6.07) is 5.90. The van der Waals surface area contributed by atoms with Gasteiger partial charge in [0.2, 0.25) is 0 Å². The number of nitrogens with zero attached hydrogens (tertiary/aromatic N) is 5. The van der Waals surface area contributed by atoms with Gasteiger partial charge in [-0.15, -0.1) is 5.10 Å². The first-order valence-corrected chi connectivity index (χ1v) is 12.7. The summed E-state index contributed by atoms with van der Waals surface area (Å²) in [7, 11) is 0. The van der Waals surface area contributed by atoms with Crippen LogP contribution in [0.25, 0.3) is 10.9 Å². The van der Waals surface area contributed by atoms with Gasteiger partial charge in [-0.05, 0) is 73.0 Å². The van der Waals surface area contributed by atoms with Crippen molar-refractivity contribution in [2.24, 2.45) is 5.92 Å². The minimum Gasteiger partial charge on any atom is -0.465 e. The summed E-state index contributed by atoms with van der Waals surface area (Å²) in [6.07, 6.45) is 2.03. The number of rotatable bonds is 10. The van der Waals surface area contributed by atoms with E-state index in [2.05, 4.69) is 58.3 Å². The number of benzene rings is 1. The monoisotopic (exact) mass is 496 g/mol. The van der Waals surface area contributed by atoms with Crippen LogP contribution in [0, 0.1) is 19.8 Å². The molecule has 10 nitrogen and oxygen atoms in total. The van der Waals surface area contributed by atoms with Gasteiger partial charge in [-0.25, -0.2) is 4.68 Å². The molecule has 0 amide bonds. The zero-order valence-electron chi connectivity index (χ0n) is 21.8. The molecule has 3 aromatic rings. The molecule has 1 fully saturated rings. The summed E-state index contributed by atoms with van der Waals surface area (Å²) in [5.41, 5.74) is 3.61. The van der Waals surface area contributed by atoms with Crippen LogP contribution >= 0.6 is 0 Å². The molecule has 2 aromatic heterocycles. The van der Waals surface area contributed by atoms with Crippen molar-refractivity contribution >= 4 is 16.9 Å². The SMILES string of the molecule is CCOC(=O)Cn1nnnc1[C@H](C(C)C)N(Cc1cc2cc(C)cc(C)c2[nH]c1=O)C[C@@H]1CCCO1. The van der Waals surface area contributed by atoms with E-state index in [1.165, 1.54) is 4.68 Å². The Kier molecular flexibility index (Phi) is 8.15. The number of ether oxygens (including phenoxy) is 2. The Labute approximate surface area is 211 Å². The third-order valence-corrected chi connectivity index (χ3v) is 6.64. The summed E-state index contributed by atoms with van der Waals surface area (Å²) in [5, 5.41) is 13.3. The molecule has 36 heavy (non-hydrogen) atoms. The van der Waals surface area contributed by atoms with Gasteiger partial charge in [-0.1, -0.05) is 25.5 Å². The van der Waals surface area contributed by atoms with Crippen molar-refractivity contribution in [3.05, 3.63) is 51.1 Å². The number of carbonyl (C=O) groups is 1. The number of nitrogens with one attached hydrogen (secondary N) is 1. The maximum absolute atomic E-state index is 13.2. The highest BCUT2D eigenvalue weighted by molar-refractivity contribution is 5.82. The van der Waals surface area contributed by atoms with E-state index < -0.39 is 5.97 Å². The Bertz CT molecular complexity index is 1260. The highest BCUT2D eigenvalue weighted by Crippen LogP contribution is 2.30. The smallest absolute Gasteiger partial charge is 0.327 e. The molecule has 0 radical (unpaired) electrons. The van der Waals surface area contributed by atoms with Crippen molar-refractivity contribution in [3.8, 4) is 0 Å². The van der Waals surface area contributed by atoms with Crippen molar-refractivity contribution in [3.63, 3.8) is 0 Å². The van der Waals surface area contributed by atoms with Gasteiger partial charge in [0.15, 0.2) is 5.82 Å². The average molecular weight is 497 g/mol. The van der Waals surface area contributed by atoms with E-state index in [0.29, 0.717) is 31.1 Å². The number of aromatic nitrogens is 5. The molecule has 4 rings (SSSR count). The largest absolute Gasteiger partial charge is 0.465 e. The zero-order chi connectivity index (χ0) is 25.8. The van der Waals surface area contributed by atoms with Crippen molar-refractivity contribution in [1.82, 2.24) is 30.1 Å². The maximum atomic E-state index is 13.2. The van der Waals surface area contributed by atoms with Gasteiger partial charge in [0.1, 0.15) is 6.54 Å². The fourth-order valence-corrected chi connectivity index (χ4v) is 5.14. The number of aromatic amines is 1. The number of tetrazole rings is 1. The van der Waals surface area contributed by atoms with Crippen LogP contribution in [0.2, 0.25) is 0 Å². The first-order valence-electron chi connectivity index (χ1n) is 12.7. The van der Waals surface area contributed by atoms with E-state index >= 15 is 0 Å². The molecule has 0 aliphatic carbocycles. The molecule has 1 N–H and O–H groups in total. The molecule has 1 saturated heterocycles. The van der Waals surface area contributed by atoms with E-state index in [4.69, 9.17) is 9.47 Å². The third kappa shape index (κ3) is 5.82. The Morgan fingerprint density at radius 2 is 2.11 bits per heavy atom. The van der Waals surface area contributed by atoms with Crippen molar-refractivity contribution in [2.75, 3.05) is 19.8 Å². The zero-order valence-corrected chi connectivity index (χ0v) is 21.8. The fraction of sp³-hybridized carbons (Fsp3) is 0.577. The molecule has 3 heterocycles. The predicted octanol–water partition coefficient (Wildman–Crippen LogP) is 3.07. The van der Waals surface area contributed by atoms with E-state index in [-0.39, 0.29) is 30.2 Å². The molecule has 0 saturated carbocycles. The first-order chi connectivity index (χ1) is 17.3. The molecular formula is C26H36N6O4. The molecule has 0 spiro atoms. The second-order valence-corrected chi connectivity index (χ2v) is 9.92. The molecule has 0 bridgehead atoms. The summed E-state index contributed by atoms with van der Waals surface area (Å²) < 4.78 is 12.6. The molecule has 1 aliphatic heterocycles. The quantitative estimate of drug-likeness (QED) is 0.426. The van der Waals surface area contributed by atoms with Crippen LogP contribution in [0.5, 0.6) is 0 Å². The minimum atomic E-state index is -0.393. The van der Waals surface area contributed by atoms with E-state index in [1.54, 1.807) is 6.92 Å². The lowest BCUT2D eigenvalue weighted by Gasteiger charge is -2.34. The van der Waals surface area contributed by atoms with Gasteiger partial charge in [-0.2, -0.15) is 0 Å². The topological polar surface area (TPSA) is 115 Å². The van der Waals surface area contributed by atoms with E-state index in [0.717, 1.165) is 41.5 Å². The minimum absolute atomic E-state index is 0.0599. The molecular weight excluding hydrogens is 460 g/mol. The van der Waals surface area contributed by atoms with Gasteiger partial charge in [0.05, 0.1) is 24.3 Å². The number of pyridine rings is 1. The second kappa shape index (κ2) is 11.3. The summed E-state index contributed by atoms with van der Waals surface area (Å²) in [6.45, 7) is 12.0. The van der Waals surface area contributed by atoms with Crippen LogP contribution in [-0.2, 0) is 27.4 Å². The lowest BCUT2D eigenvalue weighted by atomic mass is 9.99. The summed E-state index contributed by atoms with van der Waals surface area (Å²) in [4.78, 5) is 30.7. The molecule has 2 atom stereocenters. The molecule has 10 heteroatoms. The van der Waals surface area contributed by atoms with Crippen LogP contribution in [0.1, 0.15) is 62.2 Å². The second-order valence-electron chi connectivity index (χ2n) is 9.92.